The smallest absolute Gasteiger partial charge is 0.338 e. The van der Waals surface area contributed by atoms with Gasteiger partial charge in [-0.3, -0.25) is 4.79 Å². The van der Waals surface area contributed by atoms with Crippen LogP contribution in [-0.4, -0.2) is 32.9 Å². The Balaban J connectivity index is 2.04. The molecule has 2 rings (SSSR count). The van der Waals surface area contributed by atoms with Crippen molar-refractivity contribution in [3.8, 4) is 0 Å². The molecule has 1 amide bonds. The fourth-order valence-corrected chi connectivity index (χ4v) is 3.44. The number of esters is 1. The van der Waals surface area contributed by atoms with Gasteiger partial charge in [-0.25, -0.2) is 17.9 Å². The molecule has 29 heavy (non-hydrogen) atoms. The minimum Gasteiger partial charge on any atom is -0.449 e. The summed E-state index contributed by atoms with van der Waals surface area (Å²) in [6.45, 7) is 6.99. The summed E-state index contributed by atoms with van der Waals surface area (Å²) >= 11 is 0. The van der Waals surface area contributed by atoms with E-state index in [0.29, 0.717) is 5.69 Å². The molecule has 1 atom stereocenters. The first-order chi connectivity index (χ1) is 13.8. The van der Waals surface area contributed by atoms with Crippen LogP contribution in [0.2, 0.25) is 0 Å². The van der Waals surface area contributed by atoms with E-state index < -0.39 is 28.0 Å². The van der Waals surface area contributed by atoms with Crippen LogP contribution in [0.25, 0.3) is 0 Å². The van der Waals surface area contributed by atoms with E-state index in [1.54, 1.807) is 12.1 Å². The normalized spacial score (nSPS) is 12.1. The number of anilines is 1. The van der Waals surface area contributed by atoms with Gasteiger partial charge in [-0.2, -0.15) is 0 Å². The molecule has 0 saturated heterocycles. The van der Waals surface area contributed by atoms with Gasteiger partial charge in [0, 0.05) is 12.2 Å². The van der Waals surface area contributed by atoms with Crippen molar-refractivity contribution in [3.05, 3.63) is 72.3 Å². The van der Waals surface area contributed by atoms with Crippen LogP contribution in [0.1, 0.15) is 29.8 Å². The number of hydrogen-bond acceptors (Lipinski definition) is 5. The topological polar surface area (TPSA) is 102 Å². The van der Waals surface area contributed by atoms with Crippen LogP contribution in [0, 0.1) is 0 Å². The van der Waals surface area contributed by atoms with Crippen LogP contribution >= 0.6 is 0 Å². The van der Waals surface area contributed by atoms with Crippen molar-refractivity contribution < 1.29 is 22.7 Å². The highest BCUT2D eigenvalue weighted by Gasteiger charge is 2.21. The third-order valence-corrected chi connectivity index (χ3v) is 5.50. The summed E-state index contributed by atoms with van der Waals surface area (Å²) in [5.74, 6) is -1.28. The van der Waals surface area contributed by atoms with Gasteiger partial charge in [-0.15, -0.1) is 6.58 Å². The maximum atomic E-state index is 12.4. The zero-order valence-electron chi connectivity index (χ0n) is 16.3. The molecule has 2 N–H and O–H groups in total. The summed E-state index contributed by atoms with van der Waals surface area (Å²) in [5, 5.41) is 2.68. The van der Waals surface area contributed by atoms with E-state index >= 15 is 0 Å². The van der Waals surface area contributed by atoms with Gasteiger partial charge in [-0.05, 0) is 49.2 Å². The lowest BCUT2D eigenvalue weighted by molar-refractivity contribution is -0.123. The van der Waals surface area contributed by atoms with E-state index in [0.717, 1.165) is 12.0 Å². The number of aryl methyl sites for hydroxylation is 1. The number of benzene rings is 2. The third kappa shape index (κ3) is 6.27. The molecule has 0 bridgehead atoms. The van der Waals surface area contributed by atoms with Crippen molar-refractivity contribution in [2.75, 3.05) is 11.9 Å². The SMILES string of the molecule is C=CCNS(=O)(=O)c1cccc(C(=O)O[C@H](C)C(=O)Nc2ccc(CC)cc2)c1. The molecule has 0 aromatic heterocycles. The second kappa shape index (κ2) is 9.99. The van der Waals surface area contributed by atoms with Gasteiger partial charge in [0.1, 0.15) is 0 Å². The standard InChI is InChI=1S/C21H24N2O5S/c1-4-13-22-29(26,27)19-8-6-7-17(14-19)21(25)28-15(3)20(24)23-18-11-9-16(5-2)10-12-18/h4,6-12,14-15,22H,1,5,13H2,2-3H3,(H,23,24)/t15-/m1/s1. The fourth-order valence-electron chi connectivity index (χ4n) is 2.39. The molecule has 0 heterocycles. The second-order valence-electron chi connectivity index (χ2n) is 6.26. The fraction of sp³-hybridized carbons (Fsp3) is 0.238. The van der Waals surface area contributed by atoms with Crippen LogP contribution in [0.4, 0.5) is 5.69 Å². The van der Waals surface area contributed by atoms with Crippen molar-refractivity contribution >= 4 is 27.6 Å². The van der Waals surface area contributed by atoms with Crippen molar-refractivity contribution in [1.82, 2.24) is 4.72 Å². The molecule has 0 aliphatic carbocycles. The van der Waals surface area contributed by atoms with E-state index in [2.05, 4.69) is 16.6 Å². The summed E-state index contributed by atoms with van der Waals surface area (Å²) in [6.07, 6.45) is 1.24. The Morgan fingerprint density at radius 2 is 1.86 bits per heavy atom. The van der Waals surface area contributed by atoms with Crippen LogP contribution in [0.3, 0.4) is 0 Å². The van der Waals surface area contributed by atoms with Crippen LogP contribution in [0.15, 0.2) is 66.1 Å². The molecule has 0 aliphatic heterocycles. The van der Waals surface area contributed by atoms with E-state index in [1.807, 2.05) is 19.1 Å². The lowest BCUT2D eigenvalue weighted by Crippen LogP contribution is -2.30. The maximum absolute atomic E-state index is 12.4. The second-order valence-corrected chi connectivity index (χ2v) is 8.02. The Bertz CT molecular complexity index is 984. The van der Waals surface area contributed by atoms with Crippen molar-refractivity contribution in [2.45, 2.75) is 31.3 Å². The number of hydrogen-bond donors (Lipinski definition) is 2. The maximum Gasteiger partial charge on any atom is 0.338 e. The van der Waals surface area contributed by atoms with Gasteiger partial charge in [0.05, 0.1) is 10.5 Å². The highest BCUT2D eigenvalue weighted by molar-refractivity contribution is 7.89. The zero-order valence-corrected chi connectivity index (χ0v) is 17.2. The minimum absolute atomic E-state index is 0.0263. The number of carbonyl (C=O) groups is 2. The highest BCUT2D eigenvalue weighted by Crippen LogP contribution is 2.14. The average molecular weight is 416 g/mol. The summed E-state index contributed by atoms with van der Waals surface area (Å²) < 4.78 is 31.8. The lowest BCUT2D eigenvalue weighted by Gasteiger charge is -2.14. The van der Waals surface area contributed by atoms with E-state index in [9.17, 15) is 18.0 Å². The molecule has 0 spiro atoms. The molecular formula is C21H24N2O5S. The Morgan fingerprint density at radius 1 is 1.17 bits per heavy atom. The average Bonchev–Trinajstić information content (AvgIpc) is 2.72. The highest BCUT2D eigenvalue weighted by atomic mass is 32.2. The Kier molecular flexibility index (Phi) is 7.69. The minimum atomic E-state index is -3.78. The molecule has 0 aliphatic rings. The molecule has 0 radical (unpaired) electrons. The molecular weight excluding hydrogens is 392 g/mol. The molecule has 154 valence electrons. The quantitative estimate of drug-likeness (QED) is 0.483. The molecule has 0 saturated carbocycles. The van der Waals surface area contributed by atoms with Crippen molar-refractivity contribution in [1.29, 1.82) is 0 Å². The largest absolute Gasteiger partial charge is 0.449 e. The van der Waals surface area contributed by atoms with E-state index in [1.165, 1.54) is 37.3 Å². The number of ether oxygens (including phenoxy) is 1. The van der Waals surface area contributed by atoms with Gasteiger partial charge in [0.25, 0.3) is 5.91 Å². The first kappa shape index (κ1) is 22.3. The first-order valence-electron chi connectivity index (χ1n) is 9.08. The van der Waals surface area contributed by atoms with E-state index in [-0.39, 0.29) is 17.0 Å². The Morgan fingerprint density at radius 3 is 2.48 bits per heavy atom. The third-order valence-electron chi connectivity index (χ3n) is 4.08. The van der Waals surface area contributed by atoms with Gasteiger partial charge >= 0.3 is 5.97 Å². The summed E-state index contributed by atoms with van der Waals surface area (Å²) in [7, 11) is -3.78. The van der Waals surface area contributed by atoms with Gasteiger partial charge < -0.3 is 10.1 Å². The zero-order chi connectivity index (χ0) is 21.4. The summed E-state index contributed by atoms with van der Waals surface area (Å²) in [4.78, 5) is 24.5. The Labute approximate surface area is 170 Å². The predicted molar refractivity (Wildman–Crippen MR) is 111 cm³/mol. The summed E-state index contributed by atoms with van der Waals surface area (Å²) in [6, 6.07) is 12.8. The van der Waals surface area contributed by atoms with Gasteiger partial charge in [0.15, 0.2) is 6.10 Å². The van der Waals surface area contributed by atoms with Crippen LogP contribution < -0.4 is 10.0 Å². The van der Waals surface area contributed by atoms with Gasteiger partial charge in [0.2, 0.25) is 10.0 Å². The lowest BCUT2D eigenvalue weighted by atomic mass is 10.1. The van der Waals surface area contributed by atoms with Crippen LogP contribution in [-0.2, 0) is 26.0 Å². The van der Waals surface area contributed by atoms with E-state index in [4.69, 9.17) is 4.74 Å². The predicted octanol–water partition coefficient (Wildman–Crippen LogP) is 2.90. The van der Waals surface area contributed by atoms with Crippen molar-refractivity contribution in [3.63, 3.8) is 0 Å². The number of carbonyl (C=O) groups excluding carboxylic acids is 2. The monoisotopic (exact) mass is 416 g/mol. The molecule has 2 aromatic rings. The molecule has 8 heteroatoms. The molecule has 7 nitrogen and oxygen atoms in total. The van der Waals surface area contributed by atoms with Crippen molar-refractivity contribution in [2.24, 2.45) is 0 Å². The van der Waals surface area contributed by atoms with Crippen LogP contribution in [0.5, 0.6) is 0 Å². The molecule has 2 aromatic carbocycles. The first-order valence-corrected chi connectivity index (χ1v) is 10.6. The Hall–Kier alpha value is -2.97. The molecule has 0 unspecified atom stereocenters. The molecule has 0 fully saturated rings. The number of nitrogens with one attached hydrogen (secondary N) is 2. The number of amides is 1. The van der Waals surface area contributed by atoms with Gasteiger partial charge in [-0.1, -0.05) is 31.2 Å². The summed E-state index contributed by atoms with van der Waals surface area (Å²) in [5.41, 5.74) is 1.76. The number of rotatable bonds is 9. The number of sulfonamides is 1.